The number of para-hydroxylation sites is 1. The van der Waals surface area contributed by atoms with Crippen LogP contribution in [0, 0.1) is 5.82 Å². The summed E-state index contributed by atoms with van der Waals surface area (Å²) in [4.78, 5) is 0. The van der Waals surface area contributed by atoms with Crippen molar-refractivity contribution in [1.82, 2.24) is 14.8 Å². The molecule has 2 aromatic heterocycles. The van der Waals surface area contributed by atoms with E-state index in [0.29, 0.717) is 30.2 Å². The minimum Gasteiger partial charge on any atom is -0.496 e. The minimum atomic E-state index is -0.491. The van der Waals surface area contributed by atoms with Crippen LogP contribution in [-0.2, 0) is 23.6 Å². The van der Waals surface area contributed by atoms with Gasteiger partial charge in [-0.2, -0.15) is 11.3 Å². The van der Waals surface area contributed by atoms with E-state index in [4.69, 9.17) is 14.2 Å². The van der Waals surface area contributed by atoms with Crippen molar-refractivity contribution in [3.05, 3.63) is 75.7 Å². The van der Waals surface area contributed by atoms with E-state index in [2.05, 4.69) is 10.2 Å². The molecular formula is C24H22FN3O3S2. The van der Waals surface area contributed by atoms with E-state index in [9.17, 15) is 4.39 Å². The molecule has 2 aromatic carbocycles. The summed E-state index contributed by atoms with van der Waals surface area (Å²) in [6.45, 7) is 3.03. The number of ether oxygens (including phenoxy) is 3. The van der Waals surface area contributed by atoms with Crippen LogP contribution in [0.25, 0.3) is 11.4 Å². The van der Waals surface area contributed by atoms with Crippen molar-refractivity contribution in [3.63, 3.8) is 0 Å². The third-order valence-electron chi connectivity index (χ3n) is 5.38. The molecule has 9 heteroatoms. The summed E-state index contributed by atoms with van der Waals surface area (Å²) in [5, 5.41) is 13.6. The highest BCUT2D eigenvalue weighted by atomic mass is 32.2. The molecule has 0 saturated carbocycles. The maximum atomic E-state index is 14.3. The van der Waals surface area contributed by atoms with Crippen LogP contribution >= 0.6 is 23.1 Å². The van der Waals surface area contributed by atoms with E-state index in [1.807, 2.05) is 52.6 Å². The summed E-state index contributed by atoms with van der Waals surface area (Å²) >= 11 is 3.08. The Labute approximate surface area is 199 Å². The molecule has 0 bridgehead atoms. The van der Waals surface area contributed by atoms with Crippen molar-refractivity contribution < 1.29 is 18.6 Å². The van der Waals surface area contributed by atoms with Crippen molar-refractivity contribution in [3.8, 4) is 22.9 Å². The number of thiophene rings is 1. The molecule has 5 rings (SSSR count). The van der Waals surface area contributed by atoms with Gasteiger partial charge in [-0.05, 0) is 42.6 Å². The lowest BCUT2D eigenvalue weighted by molar-refractivity contribution is -0.111. The van der Waals surface area contributed by atoms with Crippen molar-refractivity contribution in [2.24, 2.45) is 0 Å². The lowest BCUT2D eigenvalue weighted by Crippen LogP contribution is -2.18. The standard InChI is InChI=1S/C24H22FN3O3S2/c1-3-28-22(19-6-4-5-7-20(19)29-2)26-27-24(28)33-14-17-11-18(25)10-16-12-30-23(31-21(16)17)15-8-9-32-13-15/h4-11,13,23H,3,12,14H2,1-2H3/t23-/m0/s1. The van der Waals surface area contributed by atoms with Gasteiger partial charge in [-0.15, -0.1) is 10.2 Å². The van der Waals surface area contributed by atoms with Crippen molar-refractivity contribution in [1.29, 1.82) is 0 Å². The molecule has 1 aliphatic heterocycles. The van der Waals surface area contributed by atoms with Crippen LogP contribution in [0.1, 0.15) is 29.9 Å². The predicted octanol–water partition coefficient (Wildman–Crippen LogP) is 6.07. The Hall–Kier alpha value is -2.88. The topological polar surface area (TPSA) is 58.4 Å². The molecule has 0 amide bonds. The second-order valence-corrected chi connectivity index (χ2v) is 9.13. The largest absolute Gasteiger partial charge is 0.496 e. The Morgan fingerprint density at radius 2 is 2.12 bits per heavy atom. The maximum absolute atomic E-state index is 14.3. The molecule has 1 aliphatic rings. The third-order valence-corrected chi connectivity index (χ3v) is 7.09. The van der Waals surface area contributed by atoms with E-state index < -0.39 is 6.29 Å². The van der Waals surface area contributed by atoms with Crippen LogP contribution in [0.3, 0.4) is 0 Å². The normalized spacial score (nSPS) is 15.2. The van der Waals surface area contributed by atoms with Gasteiger partial charge in [0.15, 0.2) is 11.0 Å². The molecule has 0 N–H and O–H groups in total. The average molecular weight is 484 g/mol. The van der Waals surface area contributed by atoms with Gasteiger partial charge in [-0.25, -0.2) is 4.39 Å². The zero-order valence-electron chi connectivity index (χ0n) is 18.2. The maximum Gasteiger partial charge on any atom is 0.227 e. The highest BCUT2D eigenvalue weighted by molar-refractivity contribution is 7.98. The summed E-state index contributed by atoms with van der Waals surface area (Å²) in [6.07, 6.45) is -0.491. The summed E-state index contributed by atoms with van der Waals surface area (Å²) in [6, 6.07) is 12.7. The molecule has 0 saturated heterocycles. The third kappa shape index (κ3) is 4.36. The van der Waals surface area contributed by atoms with Gasteiger partial charge < -0.3 is 18.8 Å². The Morgan fingerprint density at radius 1 is 1.24 bits per heavy atom. The van der Waals surface area contributed by atoms with E-state index in [1.54, 1.807) is 18.4 Å². The molecule has 1 atom stereocenters. The SMILES string of the molecule is CCn1c(SCc2cc(F)cc3c2O[C@@H](c2ccsc2)OC3)nnc1-c1ccccc1OC. The molecule has 6 nitrogen and oxygen atoms in total. The van der Waals surface area contributed by atoms with Crippen LogP contribution in [0.5, 0.6) is 11.5 Å². The van der Waals surface area contributed by atoms with Crippen LogP contribution in [-0.4, -0.2) is 21.9 Å². The number of halogens is 1. The summed E-state index contributed by atoms with van der Waals surface area (Å²) in [7, 11) is 1.64. The first-order valence-electron chi connectivity index (χ1n) is 10.5. The lowest BCUT2D eigenvalue weighted by atomic mass is 10.1. The van der Waals surface area contributed by atoms with Gasteiger partial charge in [-0.1, -0.05) is 23.9 Å². The summed E-state index contributed by atoms with van der Waals surface area (Å²) < 4.78 is 33.8. The van der Waals surface area contributed by atoms with E-state index in [-0.39, 0.29) is 5.82 Å². The van der Waals surface area contributed by atoms with E-state index in [1.165, 1.54) is 23.9 Å². The minimum absolute atomic E-state index is 0.300. The van der Waals surface area contributed by atoms with Gasteiger partial charge in [0.05, 0.1) is 19.3 Å². The number of thioether (sulfide) groups is 1. The Balaban J connectivity index is 1.42. The molecule has 0 fully saturated rings. The quantitative estimate of drug-likeness (QED) is 0.297. The Kier molecular flexibility index (Phi) is 6.34. The number of hydrogen-bond acceptors (Lipinski definition) is 7. The van der Waals surface area contributed by atoms with Gasteiger partial charge in [0.2, 0.25) is 6.29 Å². The smallest absolute Gasteiger partial charge is 0.227 e. The Morgan fingerprint density at radius 3 is 2.91 bits per heavy atom. The molecule has 3 heterocycles. The number of nitrogens with zero attached hydrogens (tertiary/aromatic N) is 3. The number of methoxy groups -OCH3 is 1. The molecule has 0 spiro atoms. The average Bonchev–Trinajstić information content (AvgIpc) is 3.52. The number of aromatic nitrogens is 3. The van der Waals surface area contributed by atoms with Crippen molar-refractivity contribution in [2.75, 3.05) is 7.11 Å². The fraction of sp³-hybridized carbons (Fsp3) is 0.250. The molecule has 0 unspecified atom stereocenters. The number of rotatable bonds is 7. The highest BCUT2D eigenvalue weighted by Gasteiger charge is 2.26. The zero-order chi connectivity index (χ0) is 22.8. The molecule has 0 aliphatic carbocycles. The molecule has 33 heavy (non-hydrogen) atoms. The Bertz CT molecular complexity index is 1260. The zero-order valence-corrected chi connectivity index (χ0v) is 19.8. The second kappa shape index (κ2) is 9.54. The van der Waals surface area contributed by atoms with Gasteiger partial charge in [0, 0.05) is 34.4 Å². The fourth-order valence-electron chi connectivity index (χ4n) is 3.81. The number of fused-ring (bicyclic) bond motifs is 1. The molecule has 4 aromatic rings. The second-order valence-electron chi connectivity index (χ2n) is 7.41. The van der Waals surface area contributed by atoms with Crippen molar-refractivity contribution >= 4 is 23.1 Å². The first-order chi connectivity index (χ1) is 16.2. The van der Waals surface area contributed by atoms with Gasteiger partial charge in [0.25, 0.3) is 0 Å². The molecule has 0 radical (unpaired) electrons. The number of benzene rings is 2. The molecule has 170 valence electrons. The van der Waals surface area contributed by atoms with Gasteiger partial charge in [0.1, 0.15) is 17.3 Å². The number of hydrogen-bond donors (Lipinski definition) is 0. The first kappa shape index (κ1) is 21.9. The van der Waals surface area contributed by atoms with E-state index in [0.717, 1.165) is 33.4 Å². The van der Waals surface area contributed by atoms with Gasteiger partial charge in [-0.3, -0.25) is 0 Å². The first-order valence-corrected chi connectivity index (χ1v) is 12.4. The van der Waals surface area contributed by atoms with Crippen molar-refractivity contribution in [2.45, 2.75) is 37.3 Å². The summed E-state index contributed by atoms with van der Waals surface area (Å²) in [5.41, 5.74) is 3.32. The van der Waals surface area contributed by atoms with E-state index >= 15 is 0 Å². The van der Waals surface area contributed by atoms with Crippen LogP contribution < -0.4 is 9.47 Å². The summed E-state index contributed by atoms with van der Waals surface area (Å²) in [5.74, 6) is 2.33. The predicted molar refractivity (Wildman–Crippen MR) is 126 cm³/mol. The monoisotopic (exact) mass is 483 g/mol. The lowest BCUT2D eigenvalue weighted by Gasteiger charge is -2.27. The van der Waals surface area contributed by atoms with Crippen LogP contribution in [0.4, 0.5) is 4.39 Å². The van der Waals surface area contributed by atoms with Crippen LogP contribution in [0.15, 0.2) is 58.4 Å². The van der Waals surface area contributed by atoms with Crippen LogP contribution in [0.2, 0.25) is 0 Å². The van der Waals surface area contributed by atoms with Gasteiger partial charge >= 0.3 is 0 Å². The highest BCUT2D eigenvalue weighted by Crippen LogP contribution is 2.39. The molecular weight excluding hydrogens is 461 g/mol. The fourth-order valence-corrected chi connectivity index (χ4v) is 5.44.